The van der Waals surface area contributed by atoms with Gasteiger partial charge in [0.25, 0.3) is 0 Å². The third kappa shape index (κ3) is 2.31. The van der Waals surface area contributed by atoms with Crippen LogP contribution in [0.3, 0.4) is 0 Å². The maximum Gasteiger partial charge on any atom is 0.238 e. The number of rotatable bonds is 2. The van der Waals surface area contributed by atoms with E-state index < -0.39 is 10.0 Å². The fourth-order valence-electron chi connectivity index (χ4n) is 1.13. The van der Waals surface area contributed by atoms with E-state index >= 15 is 0 Å². The number of hydrogen-bond acceptors (Lipinski definition) is 3. The average molecular weight is 210 g/mol. The highest BCUT2D eigenvalue weighted by atomic mass is 32.2. The Morgan fingerprint density at radius 3 is 2.57 bits per heavy atom. The Kier molecular flexibility index (Phi) is 2.89. The zero-order valence-corrected chi connectivity index (χ0v) is 8.50. The standard InChI is InChI=1S/C9H10N2O2S/c1-7-6-9(14(11,12)13)3-2-8(7)4-5-10/h2-3,6H,4H2,1H3,(H2,11,12,13). The van der Waals surface area contributed by atoms with Crippen LogP contribution in [0.5, 0.6) is 0 Å². The molecule has 0 aromatic heterocycles. The number of nitrogens with zero attached hydrogens (tertiary/aromatic N) is 1. The van der Waals surface area contributed by atoms with Gasteiger partial charge in [-0.3, -0.25) is 0 Å². The molecule has 0 saturated carbocycles. The van der Waals surface area contributed by atoms with Crippen molar-refractivity contribution in [1.29, 1.82) is 5.26 Å². The molecule has 2 N–H and O–H groups in total. The van der Waals surface area contributed by atoms with Crippen molar-refractivity contribution in [3.8, 4) is 6.07 Å². The van der Waals surface area contributed by atoms with E-state index in [4.69, 9.17) is 10.4 Å². The molecule has 0 radical (unpaired) electrons. The number of aryl methyl sites for hydroxylation is 1. The molecular weight excluding hydrogens is 200 g/mol. The molecular formula is C9H10N2O2S. The quantitative estimate of drug-likeness (QED) is 0.780. The van der Waals surface area contributed by atoms with Crippen LogP contribution >= 0.6 is 0 Å². The molecule has 0 aliphatic heterocycles. The van der Waals surface area contributed by atoms with Crippen LogP contribution in [0.2, 0.25) is 0 Å². The molecule has 0 aliphatic rings. The first kappa shape index (κ1) is 10.7. The second-order valence-electron chi connectivity index (χ2n) is 2.97. The minimum atomic E-state index is -3.64. The summed E-state index contributed by atoms with van der Waals surface area (Å²) in [5.41, 5.74) is 1.58. The van der Waals surface area contributed by atoms with Crippen LogP contribution < -0.4 is 5.14 Å². The van der Waals surface area contributed by atoms with E-state index in [0.29, 0.717) is 0 Å². The lowest BCUT2D eigenvalue weighted by molar-refractivity contribution is 0.597. The number of nitriles is 1. The third-order valence-electron chi connectivity index (χ3n) is 1.91. The minimum Gasteiger partial charge on any atom is -0.225 e. The minimum absolute atomic E-state index is 0.0803. The van der Waals surface area contributed by atoms with E-state index in [-0.39, 0.29) is 11.3 Å². The van der Waals surface area contributed by atoms with Crippen molar-refractivity contribution < 1.29 is 8.42 Å². The molecule has 0 spiro atoms. The molecule has 4 nitrogen and oxygen atoms in total. The van der Waals surface area contributed by atoms with Gasteiger partial charge in [-0.15, -0.1) is 0 Å². The van der Waals surface area contributed by atoms with E-state index in [9.17, 15) is 8.42 Å². The number of nitrogens with two attached hydrogens (primary N) is 1. The Morgan fingerprint density at radius 2 is 2.14 bits per heavy atom. The maximum absolute atomic E-state index is 11.0. The third-order valence-corrected chi connectivity index (χ3v) is 2.82. The molecule has 14 heavy (non-hydrogen) atoms. The normalized spacial score (nSPS) is 10.9. The molecule has 1 rings (SSSR count). The van der Waals surface area contributed by atoms with Gasteiger partial charge in [-0.25, -0.2) is 13.6 Å². The van der Waals surface area contributed by atoms with E-state index in [1.54, 1.807) is 13.0 Å². The number of benzene rings is 1. The predicted octanol–water partition coefficient (Wildman–Crippen LogP) is 0.709. The van der Waals surface area contributed by atoms with E-state index in [1.807, 2.05) is 6.07 Å². The van der Waals surface area contributed by atoms with Gasteiger partial charge in [-0.05, 0) is 30.2 Å². The van der Waals surface area contributed by atoms with Gasteiger partial charge in [0.1, 0.15) is 0 Å². The van der Waals surface area contributed by atoms with Gasteiger partial charge in [0.2, 0.25) is 10.0 Å². The molecule has 0 bridgehead atoms. The molecule has 0 atom stereocenters. The Hall–Kier alpha value is -1.38. The molecule has 1 aromatic rings. The SMILES string of the molecule is Cc1cc(S(N)(=O)=O)ccc1CC#N. The highest BCUT2D eigenvalue weighted by Gasteiger charge is 2.08. The lowest BCUT2D eigenvalue weighted by Gasteiger charge is -2.03. The lowest BCUT2D eigenvalue weighted by Crippen LogP contribution is -2.12. The van der Waals surface area contributed by atoms with Gasteiger partial charge >= 0.3 is 0 Å². The summed E-state index contributed by atoms with van der Waals surface area (Å²) in [6, 6.07) is 6.50. The Morgan fingerprint density at radius 1 is 1.50 bits per heavy atom. The summed E-state index contributed by atoms with van der Waals surface area (Å²) in [6.45, 7) is 1.75. The van der Waals surface area contributed by atoms with Gasteiger partial charge in [-0.1, -0.05) is 6.07 Å². The zero-order valence-electron chi connectivity index (χ0n) is 7.69. The fourth-order valence-corrected chi connectivity index (χ4v) is 1.73. The summed E-state index contributed by atoms with van der Waals surface area (Å²) in [4.78, 5) is 0.0803. The molecule has 1 aromatic carbocycles. The first-order chi connectivity index (χ1) is 6.45. The van der Waals surface area contributed by atoms with Crippen LogP contribution in [0.1, 0.15) is 11.1 Å². The second-order valence-corrected chi connectivity index (χ2v) is 4.53. The summed E-state index contributed by atoms with van der Waals surface area (Å²) in [6.07, 6.45) is 0.275. The maximum atomic E-state index is 11.0. The Labute approximate surface area is 83.0 Å². The first-order valence-electron chi connectivity index (χ1n) is 3.94. The largest absolute Gasteiger partial charge is 0.238 e. The Bertz CT molecular complexity index is 486. The molecule has 0 amide bonds. The summed E-state index contributed by atoms with van der Waals surface area (Å²) in [5, 5.41) is 13.4. The van der Waals surface area contributed by atoms with Crippen LogP contribution in [0.4, 0.5) is 0 Å². The van der Waals surface area contributed by atoms with Crippen LogP contribution in [-0.2, 0) is 16.4 Å². The van der Waals surface area contributed by atoms with E-state index in [2.05, 4.69) is 0 Å². The average Bonchev–Trinajstić information content (AvgIpc) is 2.07. The van der Waals surface area contributed by atoms with Crippen LogP contribution in [0, 0.1) is 18.3 Å². The summed E-state index contributed by atoms with van der Waals surface area (Å²) < 4.78 is 21.9. The summed E-state index contributed by atoms with van der Waals surface area (Å²) in [5.74, 6) is 0. The number of hydrogen-bond donors (Lipinski definition) is 1. The fraction of sp³-hybridized carbons (Fsp3) is 0.222. The molecule has 0 saturated heterocycles. The van der Waals surface area contributed by atoms with Gasteiger partial charge in [0.05, 0.1) is 17.4 Å². The van der Waals surface area contributed by atoms with Gasteiger partial charge in [0, 0.05) is 0 Å². The molecule has 0 unspecified atom stereocenters. The van der Waals surface area contributed by atoms with Crippen molar-refractivity contribution in [3.63, 3.8) is 0 Å². The van der Waals surface area contributed by atoms with Crippen LogP contribution in [0.15, 0.2) is 23.1 Å². The van der Waals surface area contributed by atoms with Crippen LogP contribution in [0.25, 0.3) is 0 Å². The van der Waals surface area contributed by atoms with Crippen LogP contribution in [-0.4, -0.2) is 8.42 Å². The summed E-state index contributed by atoms with van der Waals surface area (Å²) >= 11 is 0. The van der Waals surface area contributed by atoms with E-state index in [1.165, 1.54) is 12.1 Å². The molecule has 5 heteroatoms. The number of sulfonamides is 1. The summed E-state index contributed by atoms with van der Waals surface area (Å²) in [7, 11) is -3.64. The predicted molar refractivity (Wildman–Crippen MR) is 51.9 cm³/mol. The smallest absolute Gasteiger partial charge is 0.225 e. The van der Waals surface area contributed by atoms with Crippen molar-refractivity contribution in [3.05, 3.63) is 29.3 Å². The second kappa shape index (κ2) is 3.78. The lowest BCUT2D eigenvalue weighted by atomic mass is 10.1. The molecule has 0 heterocycles. The van der Waals surface area contributed by atoms with Crippen molar-refractivity contribution in [1.82, 2.24) is 0 Å². The molecule has 0 fully saturated rings. The first-order valence-corrected chi connectivity index (χ1v) is 5.49. The van der Waals surface area contributed by atoms with Gasteiger partial charge in [-0.2, -0.15) is 5.26 Å². The molecule has 74 valence electrons. The van der Waals surface area contributed by atoms with E-state index in [0.717, 1.165) is 11.1 Å². The van der Waals surface area contributed by atoms with Crippen molar-refractivity contribution >= 4 is 10.0 Å². The topological polar surface area (TPSA) is 84.0 Å². The van der Waals surface area contributed by atoms with Crippen molar-refractivity contribution in [2.24, 2.45) is 5.14 Å². The zero-order chi connectivity index (χ0) is 10.8. The molecule has 0 aliphatic carbocycles. The van der Waals surface area contributed by atoms with Crippen molar-refractivity contribution in [2.75, 3.05) is 0 Å². The monoisotopic (exact) mass is 210 g/mol. The van der Waals surface area contributed by atoms with Gasteiger partial charge in [0.15, 0.2) is 0 Å². The van der Waals surface area contributed by atoms with Crippen molar-refractivity contribution in [2.45, 2.75) is 18.2 Å². The number of primary sulfonamides is 1. The Balaban J connectivity index is 3.21. The highest BCUT2D eigenvalue weighted by molar-refractivity contribution is 7.89. The van der Waals surface area contributed by atoms with Gasteiger partial charge < -0.3 is 0 Å². The highest BCUT2D eigenvalue weighted by Crippen LogP contribution is 2.14.